The highest BCUT2D eigenvalue weighted by Gasteiger charge is 2.27. The maximum Gasteiger partial charge on any atom is 0.123 e. The molecule has 4 nitrogen and oxygen atoms in total. The Morgan fingerprint density at radius 3 is 3.05 bits per heavy atom. The van der Waals surface area contributed by atoms with Crippen molar-refractivity contribution >= 4 is 0 Å². The number of hydrogen-bond acceptors (Lipinski definition) is 4. The average molecular weight is 276 g/mol. The van der Waals surface area contributed by atoms with Crippen LogP contribution >= 0.6 is 0 Å². The number of fused-ring (bicyclic) bond motifs is 1. The van der Waals surface area contributed by atoms with Crippen LogP contribution in [-0.4, -0.2) is 50.9 Å². The minimum Gasteiger partial charge on any atom is -0.492 e. The molecule has 2 unspecified atom stereocenters. The molecule has 2 heterocycles. The van der Waals surface area contributed by atoms with Crippen LogP contribution in [0.4, 0.5) is 0 Å². The molecule has 0 spiro atoms. The summed E-state index contributed by atoms with van der Waals surface area (Å²) < 4.78 is 11.4. The molecule has 0 aromatic heterocycles. The zero-order chi connectivity index (χ0) is 13.8. The van der Waals surface area contributed by atoms with E-state index in [0.717, 1.165) is 45.2 Å². The van der Waals surface area contributed by atoms with Gasteiger partial charge in [-0.15, -0.1) is 0 Å². The first-order valence-electron chi connectivity index (χ1n) is 7.55. The van der Waals surface area contributed by atoms with Gasteiger partial charge in [-0.1, -0.05) is 18.2 Å². The van der Waals surface area contributed by atoms with Gasteiger partial charge in [0, 0.05) is 43.8 Å². The van der Waals surface area contributed by atoms with Gasteiger partial charge in [0.15, 0.2) is 0 Å². The van der Waals surface area contributed by atoms with Crippen molar-refractivity contribution in [2.24, 2.45) is 5.92 Å². The molecule has 110 valence electrons. The number of benzene rings is 1. The molecule has 1 N–H and O–H groups in total. The molecule has 1 fully saturated rings. The van der Waals surface area contributed by atoms with Crippen LogP contribution in [0.25, 0.3) is 0 Å². The van der Waals surface area contributed by atoms with Crippen LogP contribution in [0.2, 0.25) is 0 Å². The first-order valence-corrected chi connectivity index (χ1v) is 7.55. The molecule has 3 rings (SSSR count). The monoisotopic (exact) mass is 276 g/mol. The lowest BCUT2D eigenvalue weighted by Crippen LogP contribution is -2.44. The first kappa shape index (κ1) is 13.9. The van der Waals surface area contributed by atoms with Gasteiger partial charge in [0.05, 0.1) is 6.61 Å². The lowest BCUT2D eigenvalue weighted by molar-refractivity contribution is 0.156. The molecular formula is C16H24N2O2. The summed E-state index contributed by atoms with van der Waals surface area (Å²) in [7, 11) is 2.06. The van der Waals surface area contributed by atoms with E-state index < -0.39 is 0 Å². The van der Waals surface area contributed by atoms with Crippen molar-refractivity contribution in [3.8, 4) is 5.75 Å². The zero-order valence-electron chi connectivity index (χ0n) is 12.2. The Hall–Kier alpha value is -1.10. The lowest BCUT2D eigenvalue weighted by Gasteiger charge is -2.29. The number of nitrogens with zero attached hydrogens (tertiary/aromatic N) is 1. The van der Waals surface area contributed by atoms with Gasteiger partial charge in [-0.2, -0.15) is 0 Å². The summed E-state index contributed by atoms with van der Waals surface area (Å²) in [4.78, 5) is 2.49. The van der Waals surface area contributed by atoms with Gasteiger partial charge < -0.3 is 14.8 Å². The molecule has 0 amide bonds. The summed E-state index contributed by atoms with van der Waals surface area (Å²) in [6.07, 6.45) is 1.17. The zero-order valence-corrected chi connectivity index (χ0v) is 12.2. The fourth-order valence-electron chi connectivity index (χ4n) is 3.16. The number of para-hydroxylation sites is 1. The van der Waals surface area contributed by atoms with Crippen LogP contribution in [0.15, 0.2) is 24.3 Å². The van der Waals surface area contributed by atoms with E-state index in [9.17, 15) is 0 Å². The van der Waals surface area contributed by atoms with Crippen LogP contribution < -0.4 is 10.1 Å². The van der Waals surface area contributed by atoms with E-state index in [4.69, 9.17) is 9.47 Å². The van der Waals surface area contributed by atoms with Crippen LogP contribution in [0.5, 0.6) is 5.75 Å². The van der Waals surface area contributed by atoms with Crippen molar-refractivity contribution in [2.45, 2.75) is 19.0 Å². The summed E-state index contributed by atoms with van der Waals surface area (Å²) in [5, 5.41) is 3.47. The fraction of sp³-hybridized carbons (Fsp3) is 0.625. The highest BCUT2D eigenvalue weighted by Crippen LogP contribution is 2.24. The predicted molar refractivity (Wildman–Crippen MR) is 79.0 cm³/mol. The maximum atomic E-state index is 5.83. The first-order chi connectivity index (χ1) is 9.86. The quantitative estimate of drug-likeness (QED) is 0.904. The molecule has 4 heteroatoms. The topological polar surface area (TPSA) is 33.7 Å². The Bertz CT molecular complexity index is 432. The molecular weight excluding hydrogens is 252 g/mol. The average Bonchev–Trinajstić information content (AvgIpc) is 2.92. The molecule has 1 saturated heterocycles. The van der Waals surface area contributed by atoms with Gasteiger partial charge in [-0.3, -0.25) is 4.90 Å². The third kappa shape index (κ3) is 3.14. The van der Waals surface area contributed by atoms with Gasteiger partial charge in [0.25, 0.3) is 0 Å². The number of ether oxygens (including phenoxy) is 2. The normalized spacial score (nSPS) is 24.8. The van der Waals surface area contributed by atoms with Crippen molar-refractivity contribution in [3.05, 3.63) is 29.8 Å². The Labute approximate surface area is 121 Å². The second kappa shape index (κ2) is 6.57. The van der Waals surface area contributed by atoms with Gasteiger partial charge in [0.1, 0.15) is 12.4 Å². The predicted octanol–water partition coefficient (Wildman–Crippen LogP) is 1.51. The Morgan fingerprint density at radius 2 is 2.25 bits per heavy atom. The summed E-state index contributed by atoms with van der Waals surface area (Å²) >= 11 is 0. The molecule has 20 heavy (non-hydrogen) atoms. The van der Waals surface area contributed by atoms with Crippen LogP contribution in [0.3, 0.4) is 0 Å². The largest absolute Gasteiger partial charge is 0.492 e. The SMILES string of the molecule is CNC(CN1CCOc2ccccc2C1)C1CCOC1. The standard InChI is InChI=1S/C16H24N2O2/c1-17-15(14-6-8-19-12-14)11-18-7-9-20-16-5-3-2-4-13(16)10-18/h2-5,14-15,17H,6-12H2,1H3. The lowest BCUT2D eigenvalue weighted by atomic mass is 9.98. The van der Waals surface area contributed by atoms with Crippen molar-refractivity contribution in [1.82, 2.24) is 10.2 Å². The highest BCUT2D eigenvalue weighted by atomic mass is 16.5. The second-order valence-electron chi connectivity index (χ2n) is 5.71. The van der Waals surface area contributed by atoms with Crippen molar-refractivity contribution in [3.63, 3.8) is 0 Å². The molecule has 2 atom stereocenters. The molecule has 1 aromatic rings. The van der Waals surface area contributed by atoms with Gasteiger partial charge >= 0.3 is 0 Å². The van der Waals surface area contributed by atoms with Crippen LogP contribution in [0.1, 0.15) is 12.0 Å². The molecule has 1 aromatic carbocycles. The second-order valence-corrected chi connectivity index (χ2v) is 5.71. The van der Waals surface area contributed by atoms with E-state index >= 15 is 0 Å². The van der Waals surface area contributed by atoms with Gasteiger partial charge in [-0.05, 0) is 19.5 Å². The Balaban J connectivity index is 1.65. The summed E-state index contributed by atoms with van der Waals surface area (Å²) in [5.41, 5.74) is 1.29. The van der Waals surface area contributed by atoms with E-state index in [1.54, 1.807) is 0 Å². The van der Waals surface area contributed by atoms with Crippen LogP contribution in [-0.2, 0) is 11.3 Å². The third-order valence-electron chi connectivity index (χ3n) is 4.39. The van der Waals surface area contributed by atoms with Crippen molar-refractivity contribution in [1.29, 1.82) is 0 Å². The number of nitrogens with one attached hydrogen (secondary N) is 1. The highest BCUT2D eigenvalue weighted by molar-refractivity contribution is 5.33. The van der Waals surface area contributed by atoms with Crippen LogP contribution in [0, 0.1) is 5.92 Å². The summed E-state index contributed by atoms with van der Waals surface area (Å²) in [6, 6.07) is 8.87. The van der Waals surface area contributed by atoms with Crippen molar-refractivity contribution < 1.29 is 9.47 Å². The molecule has 2 aliphatic rings. The van der Waals surface area contributed by atoms with Gasteiger partial charge in [0.2, 0.25) is 0 Å². The summed E-state index contributed by atoms with van der Waals surface area (Å²) in [6.45, 7) is 5.60. The van der Waals surface area contributed by atoms with Crippen molar-refractivity contribution in [2.75, 3.05) is 40.0 Å². The number of likely N-dealkylation sites (N-methyl/N-ethyl adjacent to an activating group) is 1. The number of rotatable bonds is 4. The smallest absolute Gasteiger partial charge is 0.123 e. The Kier molecular flexibility index (Phi) is 4.55. The minimum atomic E-state index is 0.503. The molecule has 0 radical (unpaired) electrons. The molecule has 0 bridgehead atoms. The third-order valence-corrected chi connectivity index (χ3v) is 4.39. The molecule has 0 aliphatic carbocycles. The van der Waals surface area contributed by atoms with Gasteiger partial charge in [-0.25, -0.2) is 0 Å². The van der Waals surface area contributed by atoms with E-state index in [1.807, 2.05) is 6.07 Å². The fourth-order valence-corrected chi connectivity index (χ4v) is 3.16. The minimum absolute atomic E-state index is 0.503. The van der Waals surface area contributed by atoms with E-state index in [0.29, 0.717) is 12.0 Å². The molecule has 0 saturated carbocycles. The van der Waals surface area contributed by atoms with E-state index in [2.05, 4.69) is 35.5 Å². The number of hydrogen-bond donors (Lipinski definition) is 1. The van der Waals surface area contributed by atoms with E-state index in [1.165, 1.54) is 12.0 Å². The molecule has 2 aliphatic heterocycles. The maximum absolute atomic E-state index is 5.83. The summed E-state index contributed by atoms with van der Waals surface area (Å²) in [5.74, 6) is 1.68. The Morgan fingerprint density at radius 1 is 1.35 bits per heavy atom. The van der Waals surface area contributed by atoms with E-state index in [-0.39, 0.29) is 0 Å².